The maximum Gasteiger partial charge on any atom is 0.307 e. The van der Waals surface area contributed by atoms with Gasteiger partial charge in [0.25, 0.3) is 0 Å². The number of hydrogen-bond acceptors (Lipinski definition) is 8. The highest BCUT2D eigenvalue weighted by molar-refractivity contribution is 5.83. The van der Waals surface area contributed by atoms with E-state index >= 15 is 0 Å². The summed E-state index contributed by atoms with van der Waals surface area (Å²) in [6, 6.07) is 20.6. The summed E-state index contributed by atoms with van der Waals surface area (Å²) < 4.78 is 14.8. The zero-order valence-corrected chi connectivity index (χ0v) is 22.7. The molecule has 9 heteroatoms. The molecule has 1 heterocycles. The van der Waals surface area contributed by atoms with Crippen molar-refractivity contribution in [1.29, 1.82) is 5.26 Å². The molecule has 1 fully saturated rings. The molecule has 1 atom stereocenters. The van der Waals surface area contributed by atoms with E-state index < -0.39 is 22.8 Å². The summed E-state index contributed by atoms with van der Waals surface area (Å²) in [5, 5.41) is 12.4. The normalized spacial score (nSPS) is 16.1. The molecular weight excluding hydrogens is 500 g/mol. The van der Waals surface area contributed by atoms with E-state index in [0.717, 1.165) is 5.56 Å². The lowest BCUT2D eigenvalue weighted by Crippen LogP contribution is -2.32. The zero-order chi connectivity index (χ0) is 28.7. The molecule has 0 aromatic heterocycles. The Hall–Kier alpha value is -4.19. The van der Waals surface area contributed by atoms with Crippen molar-refractivity contribution in [3.8, 4) is 6.07 Å². The van der Waals surface area contributed by atoms with Gasteiger partial charge in [0.1, 0.15) is 5.41 Å². The molecule has 1 saturated heterocycles. The van der Waals surface area contributed by atoms with E-state index in [-0.39, 0.29) is 44.4 Å². The van der Waals surface area contributed by atoms with Gasteiger partial charge in [-0.25, -0.2) is 0 Å². The Morgan fingerprint density at radius 2 is 1.33 bits per heavy atom. The van der Waals surface area contributed by atoms with Crippen LogP contribution in [0.5, 0.6) is 0 Å². The van der Waals surface area contributed by atoms with Crippen LogP contribution in [0, 0.1) is 11.3 Å². The predicted octanol–water partition coefficient (Wildman–Crippen LogP) is 3.75. The molecule has 0 aliphatic carbocycles. The van der Waals surface area contributed by atoms with Crippen molar-refractivity contribution in [2.75, 3.05) is 26.4 Å². The van der Waals surface area contributed by atoms with Crippen LogP contribution >= 0.6 is 0 Å². The highest BCUT2D eigenvalue weighted by Crippen LogP contribution is 2.35. The van der Waals surface area contributed by atoms with Crippen LogP contribution in [0.15, 0.2) is 60.7 Å². The van der Waals surface area contributed by atoms with Gasteiger partial charge in [0, 0.05) is 18.4 Å². The van der Waals surface area contributed by atoms with E-state index in [0.29, 0.717) is 25.1 Å². The van der Waals surface area contributed by atoms with Gasteiger partial charge < -0.3 is 19.5 Å². The Bertz CT molecular complexity index is 1120. The van der Waals surface area contributed by atoms with Crippen molar-refractivity contribution in [3.63, 3.8) is 0 Å². The quantitative estimate of drug-likeness (QED) is 0.339. The number of ether oxygens (including phenoxy) is 3. The van der Waals surface area contributed by atoms with Gasteiger partial charge in [0.05, 0.1) is 45.2 Å². The summed E-state index contributed by atoms with van der Waals surface area (Å²) in [6.07, 6.45) is 0.222. The lowest BCUT2D eigenvalue weighted by atomic mass is 9.76. The Labute approximate surface area is 229 Å². The lowest BCUT2D eigenvalue weighted by molar-refractivity contribution is -0.147. The number of carbonyl (C=O) groups excluding carboxylic acids is 4. The van der Waals surface area contributed by atoms with Gasteiger partial charge >= 0.3 is 17.9 Å². The molecule has 9 nitrogen and oxygen atoms in total. The highest BCUT2D eigenvalue weighted by atomic mass is 16.5. The first-order valence-corrected chi connectivity index (χ1v) is 13.0. The number of esters is 3. The van der Waals surface area contributed by atoms with Crippen LogP contribution < -0.4 is 5.32 Å². The van der Waals surface area contributed by atoms with E-state index in [2.05, 4.69) is 11.4 Å². The third kappa shape index (κ3) is 8.95. The monoisotopic (exact) mass is 536 g/mol. The van der Waals surface area contributed by atoms with Crippen LogP contribution in [-0.2, 0) is 44.2 Å². The molecule has 2 aromatic carbocycles. The molecule has 39 heavy (non-hydrogen) atoms. The minimum atomic E-state index is -1.26. The fraction of sp³-hybridized carbons (Fsp3) is 0.433. The van der Waals surface area contributed by atoms with Crippen molar-refractivity contribution in [2.45, 2.75) is 57.3 Å². The number of hydrogen-bond donors (Lipinski definition) is 1. The van der Waals surface area contributed by atoms with E-state index in [4.69, 9.17) is 14.2 Å². The maximum absolute atomic E-state index is 11.8. The zero-order valence-electron chi connectivity index (χ0n) is 22.7. The minimum Gasteiger partial charge on any atom is -0.466 e. The molecule has 1 N–H and O–H groups in total. The van der Waals surface area contributed by atoms with Gasteiger partial charge in [0.15, 0.2) is 0 Å². The third-order valence-electron chi connectivity index (χ3n) is 6.34. The van der Waals surface area contributed by atoms with Gasteiger partial charge in [-0.15, -0.1) is 0 Å². The van der Waals surface area contributed by atoms with Crippen LogP contribution in [-0.4, -0.2) is 50.2 Å². The standard InChI is InChI=1S/C16H19NO4.C14H17NO3/c1-3-20-14(18)10-16(12-17,11-15(19)21-4-2)13-8-6-5-7-9-13;1-2-18-13(17)9-14(8-12(16)15-10-14)11-6-4-3-5-7-11/h5-9H,3-4,10-11H2,1-2H3;3-7H,2,8-10H2,1H3,(H,15,16). The summed E-state index contributed by atoms with van der Waals surface area (Å²) >= 11 is 0. The molecular formula is C30H36N2O7. The molecule has 0 radical (unpaired) electrons. The second kappa shape index (κ2) is 15.3. The average molecular weight is 537 g/mol. The average Bonchev–Trinajstić information content (AvgIpc) is 3.31. The molecule has 1 aliphatic rings. The van der Waals surface area contributed by atoms with Gasteiger partial charge in [0.2, 0.25) is 5.91 Å². The fourth-order valence-corrected chi connectivity index (χ4v) is 4.50. The Kier molecular flexibility index (Phi) is 12.2. The summed E-state index contributed by atoms with van der Waals surface area (Å²) in [7, 11) is 0. The number of rotatable bonds is 11. The van der Waals surface area contributed by atoms with Crippen LogP contribution in [0.4, 0.5) is 0 Å². The van der Waals surface area contributed by atoms with E-state index in [9.17, 15) is 24.4 Å². The number of nitrogens with one attached hydrogen (secondary N) is 1. The largest absolute Gasteiger partial charge is 0.466 e. The molecule has 1 aliphatic heterocycles. The number of nitrogens with zero attached hydrogens (tertiary/aromatic N) is 1. The Morgan fingerprint density at radius 3 is 1.77 bits per heavy atom. The number of benzene rings is 2. The number of amides is 1. The fourth-order valence-electron chi connectivity index (χ4n) is 4.50. The smallest absolute Gasteiger partial charge is 0.307 e. The van der Waals surface area contributed by atoms with Crippen molar-refractivity contribution in [1.82, 2.24) is 5.32 Å². The van der Waals surface area contributed by atoms with Crippen LogP contribution in [0.1, 0.15) is 57.6 Å². The third-order valence-corrected chi connectivity index (χ3v) is 6.34. The van der Waals surface area contributed by atoms with Gasteiger partial charge in [-0.05, 0) is 31.9 Å². The Balaban J connectivity index is 0.000000276. The Morgan fingerprint density at radius 1 is 0.846 bits per heavy atom. The second-order valence-corrected chi connectivity index (χ2v) is 9.11. The number of nitriles is 1. The molecule has 1 unspecified atom stereocenters. The second-order valence-electron chi connectivity index (χ2n) is 9.11. The van der Waals surface area contributed by atoms with Crippen molar-refractivity contribution >= 4 is 23.8 Å². The van der Waals surface area contributed by atoms with Gasteiger partial charge in [-0.3, -0.25) is 19.2 Å². The van der Waals surface area contributed by atoms with Crippen molar-refractivity contribution in [3.05, 3.63) is 71.8 Å². The summed E-state index contributed by atoms with van der Waals surface area (Å²) in [6.45, 7) is 6.49. The first-order chi connectivity index (χ1) is 18.7. The molecule has 0 spiro atoms. The van der Waals surface area contributed by atoms with Gasteiger partial charge in [-0.1, -0.05) is 60.7 Å². The molecule has 1 amide bonds. The molecule has 3 rings (SSSR count). The minimum absolute atomic E-state index is 0.0110. The summed E-state index contributed by atoms with van der Waals surface area (Å²) in [5.41, 5.74) is -0.102. The molecule has 2 aromatic rings. The SMILES string of the molecule is CCOC(=O)CC(C#N)(CC(=O)OCC)c1ccccc1.CCOC(=O)CC1(c2ccccc2)CNC(=O)C1. The van der Waals surface area contributed by atoms with E-state index in [1.807, 2.05) is 30.3 Å². The first-order valence-electron chi connectivity index (χ1n) is 13.0. The van der Waals surface area contributed by atoms with Crippen molar-refractivity contribution < 1.29 is 33.4 Å². The lowest BCUT2D eigenvalue weighted by Gasteiger charge is -2.26. The highest BCUT2D eigenvalue weighted by Gasteiger charge is 2.42. The van der Waals surface area contributed by atoms with Crippen molar-refractivity contribution in [2.24, 2.45) is 0 Å². The molecule has 0 saturated carbocycles. The molecule has 208 valence electrons. The first kappa shape index (κ1) is 31.0. The van der Waals surface area contributed by atoms with Crippen LogP contribution in [0.2, 0.25) is 0 Å². The van der Waals surface area contributed by atoms with Gasteiger partial charge in [-0.2, -0.15) is 5.26 Å². The number of carbonyl (C=O) groups is 4. The van der Waals surface area contributed by atoms with E-state index in [1.165, 1.54) is 0 Å². The predicted molar refractivity (Wildman–Crippen MR) is 143 cm³/mol. The maximum atomic E-state index is 11.8. The topological polar surface area (TPSA) is 132 Å². The summed E-state index contributed by atoms with van der Waals surface area (Å²) in [4.78, 5) is 46.8. The van der Waals surface area contributed by atoms with E-state index in [1.54, 1.807) is 51.1 Å². The summed E-state index contributed by atoms with van der Waals surface area (Å²) in [5.74, 6) is -1.28. The van der Waals surface area contributed by atoms with Crippen LogP contribution in [0.25, 0.3) is 0 Å². The molecule has 0 bridgehead atoms. The van der Waals surface area contributed by atoms with Crippen LogP contribution in [0.3, 0.4) is 0 Å².